The number of halogens is 1. The van der Waals surface area contributed by atoms with Gasteiger partial charge in [-0.3, -0.25) is 9.36 Å². The molecule has 0 atom stereocenters. The molecule has 0 spiro atoms. The molecule has 6 aromatic rings. The lowest BCUT2D eigenvalue weighted by molar-refractivity contribution is 0.582. The zero-order valence-corrected chi connectivity index (χ0v) is 18.4. The Bertz CT molecular complexity index is 1650. The molecule has 0 saturated heterocycles. The Labute approximate surface area is 188 Å². The van der Waals surface area contributed by atoms with Gasteiger partial charge in [-0.25, -0.2) is 9.67 Å². The Balaban J connectivity index is 1.69. The third-order valence-electron chi connectivity index (χ3n) is 5.99. The Hall–Kier alpha value is -4.33. The molecule has 0 aliphatic heterocycles. The number of nitrogens with zero attached hydrogens (tertiary/aromatic N) is 7. The highest BCUT2D eigenvalue weighted by atomic mass is 19.1. The van der Waals surface area contributed by atoms with Crippen LogP contribution in [0.1, 0.15) is 5.56 Å². The van der Waals surface area contributed by atoms with Crippen molar-refractivity contribution in [3.8, 4) is 28.1 Å². The van der Waals surface area contributed by atoms with Crippen molar-refractivity contribution in [2.75, 3.05) is 0 Å². The highest BCUT2D eigenvalue weighted by molar-refractivity contribution is 6.05. The van der Waals surface area contributed by atoms with E-state index in [-0.39, 0.29) is 0 Å². The molecule has 0 fully saturated rings. The minimum absolute atomic E-state index is 0.525. The van der Waals surface area contributed by atoms with E-state index in [0.717, 1.165) is 49.8 Å². The van der Waals surface area contributed by atoms with Crippen LogP contribution in [0.5, 0.6) is 0 Å². The number of rotatable bonds is 3. The molecule has 0 N–H and O–H groups in total. The number of fused-ring (bicyclic) bond motifs is 2. The zero-order valence-electron chi connectivity index (χ0n) is 18.4. The maximum atomic E-state index is 13.6. The molecule has 7 nitrogen and oxygen atoms in total. The van der Waals surface area contributed by atoms with Crippen LogP contribution in [0.25, 0.3) is 49.9 Å². The van der Waals surface area contributed by atoms with Crippen molar-refractivity contribution in [3.63, 3.8) is 0 Å². The van der Waals surface area contributed by atoms with E-state index in [4.69, 9.17) is 5.10 Å². The van der Waals surface area contributed by atoms with Gasteiger partial charge in [0.15, 0.2) is 0 Å². The largest absolute Gasteiger partial charge is 0.275 e. The molecule has 0 amide bonds. The van der Waals surface area contributed by atoms with Crippen molar-refractivity contribution in [2.24, 2.45) is 14.1 Å². The van der Waals surface area contributed by atoms with Crippen molar-refractivity contribution in [1.82, 2.24) is 34.3 Å². The SMILES string of the molecule is Cc1c(-c2cnn(C)c2)ccc2c(-c3cccc4nn(C)cc34)nn(-c3ccc(F)nc3)c12. The molecule has 4 aromatic heterocycles. The Kier molecular flexibility index (Phi) is 4.16. The van der Waals surface area contributed by atoms with Gasteiger partial charge in [0.25, 0.3) is 0 Å². The van der Waals surface area contributed by atoms with Crippen LogP contribution in [-0.2, 0) is 14.1 Å². The van der Waals surface area contributed by atoms with E-state index in [9.17, 15) is 4.39 Å². The summed E-state index contributed by atoms with van der Waals surface area (Å²) in [5.41, 5.74) is 7.53. The van der Waals surface area contributed by atoms with Crippen molar-refractivity contribution < 1.29 is 4.39 Å². The van der Waals surface area contributed by atoms with Gasteiger partial charge in [0.2, 0.25) is 5.95 Å². The van der Waals surface area contributed by atoms with Crippen LogP contribution in [-0.4, -0.2) is 34.3 Å². The van der Waals surface area contributed by atoms with Crippen molar-refractivity contribution >= 4 is 21.8 Å². The van der Waals surface area contributed by atoms with Crippen LogP contribution in [0.4, 0.5) is 4.39 Å². The third kappa shape index (κ3) is 3.02. The first-order valence-corrected chi connectivity index (χ1v) is 10.6. The Morgan fingerprint density at radius 1 is 0.818 bits per heavy atom. The van der Waals surface area contributed by atoms with Crippen LogP contribution in [0.3, 0.4) is 0 Å². The van der Waals surface area contributed by atoms with Crippen LogP contribution >= 0.6 is 0 Å². The van der Waals surface area contributed by atoms with Crippen molar-refractivity contribution in [3.05, 3.63) is 78.8 Å². The fourth-order valence-electron chi connectivity index (χ4n) is 4.49. The lowest BCUT2D eigenvalue weighted by atomic mass is 9.97. The van der Waals surface area contributed by atoms with Gasteiger partial charge >= 0.3 is 0 Å². The summed E-state index contributed by atoms with van der Waals surface area (Å²) in [4.78, 5) is 3.86. The molecule has 8 heteroatoms. The average Bonchev–Trinajstić information content (AvgIpc) is 3.50. The van der Waals surface area contributed by atoms with E-state index >= 15 is 0 Å². The predicted molar refractivity (Wildman–Crippen MR) is 125 cm³/mol. The zero-order chi connectivity index (χ0) is 22.7. The Morgan fingerprint density at radius 2 is 1.70 bits per heavy atom. The van der Waals surface area contributed by atoms with Gasteiger partial charge in [-0.2, -0.15) is 19.7 Å². The van der Waals surface area contributed by atoms with Crippen LogP contribution in [0.2, 0.25) is 0 Å². The molecule has 33 heavy (non-hydrogen) atoms. The summed E-state index contributed by atoms with van der Waals surface area (Å²) in [6, 6.07) is 13.3. The first-order chi connectivity index (χ1) is 16.0. The van der Waals surface area contributed by atoms with E-state index in [0.29, 0.717) is 5.69 Å². The number of hydrogen-bond acceptors (Lipinski definition) is 4. The normalized spacial score (nSPS) is 11.6. The first-order valence-electron chi connectivity index (χ1n) is 10.6. The van der Waals surface area contributed by atoms with Gasteiger partial charge in [-0.05, 0) is 42.3 Å². The first kappa shape index (κ1) is 19.4. The molecule has 4 heterocycles. The maximum Gasteiger partial charge on any atom is 0.212 e. The number of aryl methyl sites for hydroxylation is 3. The molecule has 0 saturated carbocycles. The molecular weight excluding hydrogens is 417 g/mol. The topological polar surface area (TPSA) is 66.3 Å². The van der Waals surface area contributed by atoms with E-state index in [2.05, 4.69) is 40.3 Å². The van der Waals surface area contributed by atoms with Gasteiger partial charge in [0, 0.05) is 48.4 Å². The van der Waals surface area contributed by atoms with Gasteiger partial charge in [-0.1, -0.05) is 18.2 Å². The molecule has 0 aliphatic carbocycles. The summed E-state index contributed by atoms with van der Waals surface area (Å²) in [7, 11) is 3.81. The van der Waals surface area contributed by atoms with Gasteiger partial charge in [-0.15, -0.1) is 0 Å². The maximum absolute atomic E-state index is 13.6. The summed E-state index contributed by atoms with van der Waals surface area (Å²) in [5, 5.41) is 15.9. The molecule has 0 radical (unpaired) electrons. The van der Waals surface area contributed by atoms with Crippen molar-refractivity contribution in [2.45, 2.75) is 6.92 Å². The van der Waals surface area contributed by atoms with Crippen molar-refractivity contribution in [1.29, 1.82) is 0 Å². The lowest BCUT2D eigenvalue weighted by Crippen LogP contribution is -2.00. The number of hydrogen-bond donors (Lipinski definition) is 0. The quantitative estimate of drug-likeness (QED) is 0.372. The minimum atomic E-state index is -0.525. The second kappa shape index (κ2) is 7.09. The van der Waals surface area contributed by atoms with Gasteiger partial charge in [0.1, 0.15) is 5.69 Å². The van der Waals surface area contributed by atoms with Gasteiger partial charge < -0.3 is 0 Å². The number of pyridine rings is 1. The number of benzene rings is 2. The summed E-state index contributed by atoms with van der Waals surface area (Å²) in [6.45, 7) is 2.08. The Morgan fingerprint density at radius 3 is 2.45 bits per heavy atom. The monoisotopic (exact) mass is 437 g/mol. The smallest absolute Gasteiger partial charge is 0.212 e. The second-order valence-electron chi connectivity index (χ2n) is 8.18. The van der Waals surface area contributed by atoms with E-state index < -0.39 is 5.95 Å². The highest BCUT2D eigenvalue weighted by Gasteiger charge is 2.20. The fourth-order valence-corrected chi connectivity index (χ4v) is 4.49. The molecular formula is C25H20FN7. The van der Waals surface area contributed by atoms with Crippen LogP contribution in [0.15, 0.2) is 67.3 Å². The molecule has 6 rings (SSSR count). The standard InChI is InChI=1S/C25H20FN7/c1-15-18(16-11-28-31(2)13-16)8-9-20-24(19-5-4-6-22-21(19)14-32(3)29-22)30-33(25(15)20)17-7-10-23(26)27-12-17/h4-14H,1-3H3. The molecule has 2 aromatic carbocycles. The van der Waals surface area contributed by atoms with Crippen LogP contribution in [0, 0.1) is 12.9 Å². The predicted octanol–water partition coefficient (Wildman–Crippen LogP) is 4.82. The molecule has 0 aliphatic rings. The summed E-state index contributed by atoms with van der Waals surface area (Å²) in [6.07, 6.45) is 7.36. The van der Waals surface area contributed by atoms with Gasteiger partial charge in [0.05, 0.1) is 29.1 Å². The number of aromatic nitrogens is 7. The van der Waals surface area contributed by atoms with E-state index in [1.165, 1.54) is 12.3 Å². The molecule has 0 bridgehead atoms. The molecule has 162 valence electrons. The van der Waals surface area contributed by atoms with E-state index in [1.807, 2.05) is 54.2 Å². The van der Waals surface area contributed by atoms with E-state index in [1.54, 1.807) is 10.7 Å². The molecule has 0 unspecified atom stereocenters. The average molecular weight is 437 g/mol. The minimum Gasteiger partial charge on any atom is -0.275 e. The summed E-state index contributed by atoms with van der Waals surface area (Å²) < 4.78 is 19.0. The third-order valence-corrected chi connectivity index (χ3v) is 5.99. The second-order valence-corrected chi connectivity index (χ2v) is 8.18. The summed E-state index contributed by atoms with van der Waals surface area (Å²) >= 11 is 0. The highest BCUT2D eigenvalue weighted by Crippen LogP contribution is 2.38. The fraction of sp³-hybridized carbons (Fsp3) is 0.120. The summed E-state index contributed by atoms with van der Waals surface area (Å²) in [5.74, 6) is -0.525. The lowest BCUT2D eigenvalue weighted by Gasteiger charge is -2.09. The van der Waals surface area contributed by atoms with Crippen LogP contribution < -0.4 is 0 Å².